The summed E-state index contributed by atoms with van der Waals surface area (Å²) in [5.74, 6) is 0.0930. The molecule has 3 rings (SSSR count). The molecule has 0 bridgehead atoms. The number of hydrogen-bond donors (Lipinski definition) is 2. The van der Waals surface area contributed by atoms with Gasteiger partial charge in [-0.1, -0.05) is 24.3 Å². The predicted octanol–water partition coefficient (Wildman–Crippen LogP) is 0.524. The highest BCUT2D eigenvalue weighted by atomic mass is 16.2. The van der Waals surface area contributed by atoms with Crippen LogP contribution >= 0.6 is 0 Å². The van der Waals surface area contributed by atoms with Crippen LogP contribution in [-0.4, -0.2) is 31.5 Å². The maximum atomic E-state index is 12.2. The summed E-state index contributed by atoms with van der Waals surface area (Å²) in [6.45, 7) is 1.81. The van der Waals surface area contributed by atoms with Gasteiger partial charge < -0.3 is 4.90 Å². The van der Waals surface area contributed by atoms with E-state index in [1.165, 1.54) is 6.92 Å². The minimum absolute atomic E-state index is 0.0260. The maximum Gasteiger partial charge on any atom is 0.350 e. The van der Waals surface area contributed by atoms with E-state index in [0.717, 1.165) is 5.56 Å². The highest BCUT2D eigenvalue weighted by Crippen LogP contribution is 2.31. The summed E-state index contributed by atoms with van der Waals surface area (Å²) in [7, 11) is 0. The summed E-state index contributed by atoms with van der Waals surface area (Å²) < 4.78 is 0. The van der Waals surface area contributed by atoms with Gasteiger partial charge in [0.2, 0.25) is 5.91 Å². The number of Topliss-reactive ketones (excluding diaryl/α,β-unsaturated/α-hetero) is 1. The number of ketones is 1. The van der Waals surface area contributed by atoms with Gasteiger partial charge in [-0.25, -0.2) is 9.59 Å². The van der Waals surface area contributed by atoms with E-state index in [1.54, 1.807) is 29.2 Å². The molecule has 1 unspecified atom stereocenters. The summed E-state index contributed by atoms with van der Waals surface area (Å²) in [5, 5.41) is 0. The fourth-order valence-corrected chi connectivity index (χ4v) is 2.83. The Balaban J connectivity index is 1.87. The van der Waals surface area contributed by atoms with Gasteiger partial charge in [0.15, 0.2) is 5.78 Å². The molecule has 124 valence electrons. The Hall–Kier alpha value is -3.03. The van der Waals surface area contributed by atoms with E-state index in [2.05, 4.69) is 9.97 Å². The first-order valence-corrected chi connectivity index (χ1v) is 7.54. The quantitative estimate of drug-likeness (QED) is 0.794. The molecule has 0 aliphatic carbocycles. The lowest BCUT2D eigenvalue weighted by molar-refractivity contribution is -0.129. The van der Waals surface area contributed by atoms with Gasteiger partial charge in [-0.2, -0.15) is 4.98 Å². The number of benzene rings is 1. The molecule has 1 aliphatic rings. The first-order chi connectivity index (χ1) is 11.4. The molecule has 0 radical (unpaired) electrons. The van der Waals surface area contributed by atoms with E-state index in [9.17, 15) is 19.2 Å². The third kappa shape index (κ3) is 3.17. The highest BCUT2D eigenvalue weighted by Gasteiger charge is 2.33. The maximum absolute atomic E-state index is 12.2. The molecular formula is C16H16N4O4. The van der Waals surface area contributed by atoms with E-state index in [-0.39, 0.29) is 17.5 Å². The van der Waals surface area contributed by atoms with Gasteiger partial charge in [-0.05, 0) is 18.9 Å². The number of rotatable bonds is 4. The van der Waals surface area contributed by atoms with Crippen LogP contribution in [0.2, 0.25) is 0 Å². The van der Waals surface area contributed by atoms with Gasteiger partial charge in [0.25, 0.3) is 0 Å². The minimum Gasteiger partial charge on any atom is -0.328 e. The van der Waals surface area contributed by atoms with Crippen molar-refractivity contribution >= 4 is 11.7 Å². The molecule has 1 saturated heterocycles. The van der Waals surface area contributed by atoms with Gasteiger partial charge in [-0.3, -0.25) is 19.6 Å². The molecule has 1 aromatic carbocycles. The fraction of sp³-hybridized carbons (Fsp3) is 0.312. The van der Waals surface area contributed by atoms with E-state index in [1.807, 2.05) is 4.98 Å². The van der Waals surface area contributed by atoms with Crippen molar-refractivity contribution in [2.75, 3.05) is 0 Å². The van der Waals surface area contributed by atoms with Gasteiger partial charge in [0.05, 0.1) is 6.04 Å². The molecule has 8 nitrogen and oxygen atoms in total. The van der Waals surface area contributed by atoms with E-state index in [0.29, 0.717) is 24.9 Å². The zero-order valence-corrected chi connectivity index (χ0v) is 13.0. The van der Waals surface area contributed by atoms with Crippen LogP contribution in [0.3, 0.4) is 0 Å². The average molecular weight is 328 g/mol. The number of nitrogens with one attached hydrogen (secondary N) is 2. The van der Waals surface area contributed by atoms with Crippen molar-refractivity contribution in [1.82, 2.24) is 19.9 Å². The number of aromatic nitrogens is 3. The van der Waals surface area contributed by atoms with E-state index >= 15 is 0 Å². The summed E-state index contributed by atoms with van der Waals surface area (Å²) >= 11 is 0. The van der Waals surface area contributed by atoms with E-state index in [4.69, 9.17) is 0 Å². The monoisotopic (exact) mass is 328 g/mol. The SMILES string of the molecule is CC(=O)c1ccc(CN2C(=O)CCC2c2nc(=O)[nH]c(=O)[nH]2)cc1. The molecule has 8 heteroatoms. The Bertz CT molecular complexity index is 869. The van der Waals surface area contributed by atoms with Crippen LogP contribution in [0, 0.1) is 0 Å². The summed E-state index contributed by atoms with van der Waals surface area (Å²) in [6.07, 6.45) is 0.809. The van der Waals surface area contributed by atoms with Crippen LogP contribution in [0.15, 0.2) is 33.9 Å². The molecule has 0 spiro atoms. The second kappa shape index (κ2) is 6.23. The topological polar surface area (TPSA) is 116 Å². The number of carbonyl (C=O) groups is 2. The number of aromatic amines is 2. The number of amides is 1. The van der Waals surface area contributed by atoms with E-state index < -0.39 is 17.4 Å². The normalized spacial score (nSPS) is 17.3. The van der Waals surface area contributed by atoms with Gasteiger partial charge in [-0.15, -0.1) is 0 Å². The minimum atomic E-state index is -0.737. The second-order valence-corrected chi connectivity index (χ2v) is 5.71. The van der Waals surface area contributed by atoms with Crippen LogP contribution < -0.4 is 11.4 Å². The lowest BCUT2D eigenvalue weighted by Gasteiger charge is -2.24. The molecule has 24 heavy (non-hydrogen) atoms. The summed E-state index contributed by atoms with van der Waals surface area (Å²) in [6, 6.07) is 6.54. The number of nitrogens with zero attached hydrogens (tertiary/aromatic N) is 2. The Morgan fingerprint density at radius 2 is 1.92 bits per heavy atom. The molecule has 2 heterocycles. The van der Waals surface area contributed by atoms with Crippen LogP contribution in [0.5, 0.6) is 0 Å². The third-order valence-electron chi connectivity index (χ3n) is 4.04. The molecule has 1 aromatic heterocycles. The summed E-state index contributed by atoms with van der Waals surface area (Å²) in [5.41, 5.74) is 0.0741. The molecular weight excluding hydrogens is 312 g/mol. The van der Waals surface area contributed by atoms with Crippen LogP contribution in [0.1, 0.15) is 47.6 Å². The summed E-state index contributed by atoms with van der Waals surface area (Å²) in [4.78, 5) is 56.2. The highest BCUT2D eigenvalue weighted by molar-refractivity contribution is 5.94. The predicted molar refractivity (Wildman–Crippen MR) is 84.4 cm³/mol. The average Bonchev–Trinajstić information content (AvgIpc) is 2.88. The number of carbonyl (C=O) groups excluding carboxylic acids is 2. The molecule has 0 saturated carbocycles. The molecule has 2 N–H and O–H groups in total. The van der Waals surface area contributed by atoms with Crippen molar-refractivity contribution in [3.05, 3.63) is 62.2 Å². The standard InChI is InChI=1S/C16H16N4O4/c1-9(21)11-4-2-10(3-5-11)8-20-12(6-7-13(20)22)14-17-15(23)19-16(24)18-14/h2-5,12H,6-8H2,1H3,(H2,17,18,19,23,24). The lowest BCUT2D eigenvalue weighted by Crippen LogP contribution is -2.33. The van der Waals surface area contributed by atoms with Crippen molar-refractivity contribution in [3.63, 3.8) is 0 Å². The Labute approximate surface area is 136 Å². The largest absolute Gasteiger partial charge is 0.350 e. The zero-order chi connectivity index (χ0) is 17.3. The Kier molecular flexibility index (Phi) is 4.11. The second-order valence-electron chi connectivity index (χ2n) is 5.71. The first-order valence-electron chi connectivity index (χ1n) is 7.54. The van der Waals surface area contributed by atoms with Gasteiger partial charge >= 0.3 is 11.4 Å². The zero-order valence-electron chi connectivity index (χ0n) is 13.0. The number of likely N-dealkylation sites (tertiary alicyclic amines) is 1. The van der Waals surface area contributed by atoms with Crippen molar-refractivity contribution in [2.24, 2.45) is 0 Å². The van der Waals surface area contributed by atoms with Crippen LogP contribution in [0.4, 0.5) is 0 Å². The van der Waals surface area contributed by atoms with Crippen molar-refractivity contribution in [3.8, 4) is 0 Å². The Morgan fingerprint density at radius 1 is 1.21 bits per heavy atom. The number of hydrogen-bond acceptors (Lipinski definition) is 5. The van der Waals surface area contributed by atoms with Crippen LogP contribution in [-0.2, 0) is 11.3 Å². The van der Waals surface area contributed by atoms with Crippen LogP contribution in [0.25, 0.3) is 0 Å². The van der Waals surface area contributed by atoms with Crippen molar-refractivity contribution < 1.29 is 9.59 Å². The molecule has 2 aromatic rings. The first kappa shape index (κ1) is 15.9. The molecule has 1 aliphatic heterocycles. The van der Waals surface area contributed by atoms with Gasteiger partial charge in [0.1, 0.15) is 5.82 Å². The number of H-pyrrole nitrogens is 2. The molecule has 1 amide bonds. The molecule has 1 fully saturated rings. The lowest BCUT2D eigenvalue weighted by atomic mass is 10.1. The fourth-order valence-electron chi connectivity index (χ4n) is 2.83. The third-order valence-corrected chi connectivity index (χ3v) is 4.04. The smallest absolute Gasteiger partial charge is 0.328 e. The van der Waals surface area contributed by atoms with Crippen molar-refractivity contribution in [2.45, 2.75) is 32.4 Å². The Morgan fingerprint density at radius 3 is 2.54 bits per heavy atom. The van der Waals surface area contributed by atoms with Gasteiger partial charge in [0, 0.05) is 18.5 Å². The molecule has 1 atom stereocenters. The van der Waals surface area contributed by atoms with Crippen molar-refractivity contribution in [1.29, 1.82) is 0 Å².